The van der Waals surface area contributed by atoms with Crippen molar-refractivity contribution in [3.63, 3.8) is 0 Å². The number of rotatable bonds is 3. The van der Waals surface area contributed by atoms with Gasteiger partial charge in [-0.1, -0.05) is 13.3 Å². The predicted octanol–water partition coefficient (Wildman–Crippen LogP) is 1.63. The van der Waals surface area contributed by atoms with Gasteiger partial charge in [0.15, 0.2) is 5.65 Å². The van der Waals surface area contributed by atoms with Gasteiger partial charge in [0.2, 0.25) is 0 Å². The molecule has 68 valence electrons. The highest BCUT2D eigenvalue weighted by Crippen LogP contribution is 2.06. The zero-order chi connectivity index (χ0) is 9.10. The molecule has 4 heteroatoms. The zero-order valence-corrected chi connectivity index (χ0v) is 7.64. The highest BCUT2D eigenvalue weighted by atomic mass is 15.3. The molecule has 0 aliphatic heterocycles. The molecule has 0 bridgehead atoms. The Hall–Kier alpha value is -1.45. The summed E-state index contributed by atoms with van der Waals surface area (Å²) in [5.41, 5.74) is 0.783. The van der Waals surface area contributed by atoms with Crippen LogP contribution in [0.2, 0.25) is 0 Å². The second-order valence-electron chi connectivity index (χ2n) is 3.05. The van der Waals surface area contributed by atoms with Crippen molar-refractivity contribution in [1.82, 2.24) is 19.7 Å². The average molecular weight is 176 g/mol. The lowest BCUT2D eigenvalue weighted by molar-refractivity contribution is 0.575. The topological polar surface area (TPSA) is 43.6 Å². The van der Waals surface area contributed by atoms with Crippen molar-refractivity contribution in [3.05, 3.63) is 18.7 Å². The van der Waals surface area contributed by atoms with Gasteiger partial charge in [-0.25, -0.2) is 9.97 Å². The smallest absolute Gasteiger partial charge is 0.184 e. The SMILES string of the molecule is CCCCn1cc2cncnc2n1. The molecule has 0 N–H and O–H groups in total. The minimum absolute atomic E-state index is 0.783. The van der Waals surface area contributed by atoms with Crippen molar-refractivity contribution in [2.45, 2.75) is 26.3 Å². The van der Waals surface area contributed by atoms with E-state index in [1.807, 2.05) is 10.9 Å². The maximum absolute atomic E-state index is 4.32. The average Bonchev–Trinajstić information content (AvgIpc) is 2.57. The van der Waals surface area contributed by atoms with E-state index >= 15 is 0 Å². The number of aryl methyl sites for hydroxylation is 1. The van der Waals surface area contributed by atoms with Gasteiger partial charge in [0, 0.05) is 18.9 Å². The molecule has 0 fully saturated rings. The Kier molecular flexibility index (Phi) is 2.21. The van der Waals surface area contributed by atoms with E-state index < -0.39 is 0 Å². The van der Waals surface area contributed by atoms with Crippen LogP contribution in [-0.4, -0.2) is 19.7 Å². The highest BCUT2D eigenvalue weighted by Gasteiger charge is 1.99. The fourth-order valence-corrected chi connectivity index (χ4v) is 1.25. The largest absolute Gasteiger partial charge is 0.270 e. The third-order valence-corrected chi connectivity index (χ3v) is 1.97. The van der Waals surface area contributed by atoms with Crippen molar-refractivity contribution in [1.29, 1.82) is 0 Å². The van der Waals surface area contributed by atoms with Crippen LogP contribution >= 0.6 is 0 Å². The molecule has 0 radical (unpaired) electrons. The first kappa shape index (κ1) is 8.16. The van der Waals surface area contributed by atoms with Crippen LogP contribution in [0.4, 0.5) is 0 Å². The van der Waals surface area contributed by atoms with E-state index in [1.54, 1.807) is 6.20 Å². The van der Waals surface area contributed by atoms with Gasteiger partial charge in [-0.15, -0.1) is 0 Å². The molecule has 0 spiro atoms. The number of hydrogen-bond donors (Lipinski definition) is 0. The van der Waals surface area contributed by atoms with E-state index in [2.05, 4.69) is 22.0 Å². The summed E-state index contributed by atoms with van der Waals surface area (Å²) in [7, 11) is 0. The van der Waals surface area contributed by atoms with E-state index in [0.29, 0.717) is 0 Å². The zero-order valence-electron chi connectivity index (χ0n) is 7.64. The van der Waals surface area contributed by atoms with Crippen LogP contribution in [0, 0.1) is 0 Å². The second-order valence-corrected chi connectivity index (χ2v) is 3.05. The summed E-state index contributed by atoms with van der Waals surface area (Å²) < 4.78 is 1.93. The van der Waals surface area contributed by atoms with Gasteiger partial charge >= 0.3 is 0 Å². The normalized spacial score (nSPS) is 10.8. The van der Waals surface area contributed by atoms with Crippen molar-refractivity contribution >= 4 is 11.0 Å². The van der Waals surface area contributed by atoms with Crippen LogP contribution in [0.5, 0.6) is 0 Å². The lowest BCUT2D eigenvalue weighted by atomic mass is 10.3. The van der Waals surface area contributed by atoms with Crippen LogP contribution in [-0.2, 0) is 6.54 Å². The molecule has 2 aromatic heterocycles. The van der Waals surface area contributed by atoms with E-state index in [4.69, 9.17) is 0 Å². The molecule has 2 aromatic rings. The number of nitrogens with zero attached hydrogens (tertiary/aromatic N) is 4. The lowest BCUT2D eigenvalue weighted by Gasteiger charge is -1.95. The number of aromatic nitrogens is 4. The summed E-state index contributed by atoms with van der Waals surface area (Å²) in [5, 5.41) is 5.33. The molecule has 2 heterocycles. The molecule has 0 unspecified atom stereocenters. The van der Waals surface area contributed by atoms with Crippen molar-refractivity contribution in [3.8, 4) is 0 Å². The molecule has 0 amide bonds. The van der Waals surface area contributed by atoms with Gasteiger partial charge in [0.25, 0.3) is 0 Å². The first-order chi connectivity index (χ1) is 6.40. The van der Waals surface area contributed by atoms with E-state index in [-0.39, 0.29) is 0 Å². The Morgan fingerprint density at radius 3 is 3.15 bits per heavy atom. The number of hydrogen-bond acceptors (Lipinski definition) is 3. The minimum atomic E-state index is 0.783. The van der Waals surface area contributed by atoms with Gasteiger partial charge in [0.05, 0.1) is 5.39 Å². The van der Waals surface area contributed by atoms with Crippen LogP contribution in [0.15, 0.2) is 18.7 Å². The first-order valence-corrected chi connectivity index (χ1v) is 4.53. The first-order valence-electron chi connectivity index (χ1n) is 4.53. The Balaban J connectivity index is 2.28. The highest BCUT2D eigenvalue weighted by molar-refractivity contribution is 5.72. The third kappa shape index (κ3) is 1.66. The molecular formula is C9H12N4. The maximum Gasteiger partial charge on any atom is 0.184 e. The van der Waals surface area contributed by atoms with Gasteiger partial charge in [-0.2, -0.15) is 5.10 Å². The number of fused-ring (bicyclic) bond motifs is 1. The maximum atomic E-state index is 4.32. The molecule has 13 heavy (non-hydrogen) atoms. The van der Waals surface area contributed by atoms with E-state index in [9.17, 15) is 0 Å². The monoisotopic (exact) mass is 176 g/mol. The van der Waals surface area contributed by atoms with Gasteiger partial charge in [-0.3, -0.25) is 4.68 Å². The summed E-state index contributed by atoms with van der Waals surface area (Å²) >= 11 is 0. The second kappa shape index (κ2) is 3.51. The number of unbranched alkanes of at least 4 members (excludes halogenated alkanes) is 1. The quantitative estimate of drug-likeness (QED) is 0.713. The van der Waals surface area contributed by atoms with Crippen molar-refractivity contribution in [2.75, 3.05) is 0 Å². The summed E-state index contributed by atoms with van der Waals surface area (Å²) in [4.78, 5) is 8.01. The molecule has 4 nitrogen and oxygen atoms in total. The van der Waals surface area contributed by atoms with Crippen molar-refractivity contribution < 1.29 is 0 Å². The molecule has 0 aliphatic rings. The summed E-state index contributed by atoms with van der Waals surface area (Å²) in [6, 6.07) is 0. The van der Waals surface area contributed by atoms with Crippen LogP contribution in [0.25, 0.3) is 11.0 Å². The summed E-state index contributed by atoms with van der Waals surface area (Å²) in [6.07, 6.45) is 7.64. The standard InChI is InChI=1S/C9H12N4/c1-2-3-4-13-6-8-5-10-7-11-9(8)12-13/h5-7H,2-4H2,1H3. The van der Waals surface area contributed by atoms with Gasteiger partial charge < -0.3 is 0 Å². The van der Waals surface area contributed by atoms with E-state index in [0.717, 1.165) is 24.0 Å². The van der Waals surface area contributed by atoms with Gasteiger partial charge in [0.1, 0.15) is 6.33 Å². The Labute approximate surface area is 76.6 Å². The summed E-state index contributed by atoms with van der Waals surface area (Å²) in [5.74, 6) is 0. The Bertz CT molecular complexity index is 360. The van der Waals surface area contributed by atoms with Crippen LogP contribution in [0.1, 0.15) is 19.8 Å². The molecular weight excluding hydrogens is 164 g/mol. The predicted molar refractivity (Wildman–Crippen MR) is 50.2 cm³/mol. The molecule has 0 saturated heterocycles. The van der Waals surface area contributed by atoms with Crippen LogP contribution < -0.4 is 0 Å². The molecule has 0 atom stereocenters. The van der Waals surface area contributed by atoms with Gasteiger partial charge in [-0.05, 0) is 6.42 Å². The van der Waals surface area contributed by atoms with E-state index in [1.165, 1.54) is 12.7 Å². The van der Waals surface area contributed by atoms with Crippen LogP contribution in [0.3, 0.4) is 0 Å². The van der Waals surface area contributed by atoms with Crippen molar-refractivity contribution in [2.24, 2.45) is 0 Å². The molecule has 0 saturated carbocycles. The molecule has 0 aliphatic carbocycles. The fourth-order valence-electron chi connectivity index (χ4n) is 1.25. The Morgan fingerprint density at radius 1 is 1.46 bits per heavy atom. The Morgan fingerprint density at radius 2 is 2.38 bits per heavy atom. The minimum Gasteiger partial charge on any atom is -0.270 e. The summed E-state index contributed by atoms with van der Waals surface area (Å²) in [6.45, 7) is 3.13. The third-order valence-electron chi connectivity index (χ3n) is 1.97. The molecule has 2 rings (SSSR count). The lowest BCUT2D eigenvalue weighted by Crippen LogP contribution is -1.97. The fraction of sp³-hybridized carbons (Fsp3) is 0.444. The molecule has 0 aromatic carbocycles.